The second-order valence-corrected chi connectivity index (χ2v) is 6.12. The van der Waals surface area contributed by atoms with Gasteiger partial charge in [0.25, 0.3) is 5.56 Å². The first kappa shape index (κ1) is 17.3. The molecule has 0 saturated carbocycles. The summed E-state index contributed by atoms with van der Waals surface area (Å²) in [5, 5.41) is 0. The van der Waals surface area contributed by atoms with Crippen LogP contribution in [-0.4, -0.2) is 4.57 Å². The van der Waals surface area contributed by atoms with E-state index in [0.29, 0.717) is 6.54 Å². The lowest BCUT2D eigenvalue weighted by Gasteiger charge is -2.13. The number of hydrogen-bond acceptors (Lipinski definition) is 1. The van der Waals surface area contributed by atoms with Crippen LogP contribution in [0.1, 0.15) is 56.2 Å². The van der Waals surface area contributed by atoms with E-state index in [-0.39, 0.29) is 5.56 Å². The van der Waals surface area contributed by atoms with Gasteiger partial charge in [0.1, 0.15) is 0 Å². The predicted octanol–water partition coefficient (Wildman–Crippen LogP) is 5.19. The van der Waals surface area contributed by atoms with Crippen LogP contribution in [0.15, 0.2) is 53.5 Å². The first-order valence-electron chi connectivity index (χ1n) is 8.60. The summed E-state index contributed by atoms with van der Waals surface area (Å²) in [4.78, 5) is 12.9. The predicted molar refractivity (Wildman–Crippen MR) is 98.8 cm³/mol. The van der Waals surface area contributed by atoms with Crippen molar-refractivity contribution in [3.05, 3.63) is 75.7 Å². The van der Waals surface area contributed by atoms with Crippen LogP contribution in [0.4, 0.5) is 0 Å². The topological polar surface area (TPSA) is 22.0 Å². The lowest BCUT2D eigenvalue weighted by Crippen LogP contribution is -2.24. The third-order valence-electron chi connectivity index (χ3n) is 3.96. The zero-order valence-corrected chi connectivity index (χ0v) is 14.5. The second kappa shape index (κ2) is 8.52. The van der Waals surface area contributed by atoms with Crippen molar-refractivity contribution in [3.63, 3.8) is 0 Å². The number of aromatic nitrogens is 1. The van der Waals surface area contributed by atoms with Crippen molar-refractivity contribution in [1.82, 2.24) is 4.57 Å². The van der Waals surface area contributed by atoms with E-state index in [9.17, 15) is 4.79 Å². The van der Waals surface area contributed by atoms with E-state index in [1.54, 1.807) is 0 Å². The van der Waals surface area contributed by atoms with Gasteiger partial charge in [0, 0.05) is 11.8 Å². The number of hydrogen-bond donors (Lipinski definition) is 0. The van der Waals surface area contributed by atoms with Crippen LogP contribution in [0.2, 0.25) is 0 Å². The number of unbranched alkanes of at least 4 members (excludes halogenated alkanes) is 1. The summed E-state index contributed by atoms with van der Waals surface area (Å²) in [6.07, 6.45) is 8.36. The quantitative estimate of drug-likeness (QED) is 0.690. The first-order valence-corrected chi connectivity index (χ1v) is 8.60. The molecule has 0 saturated heterocycles. The highest BCUT2D eigenvalue weighted by atomic mass is 16.1. The van der Waals surface area contributed by atoms with E-state index in [2.05, 4.69) is 39.0 Å². The van der Waals surface area contributed by atoms with Gasteiger partial charge in [0.15, 0.2) is 0 Å². The molecule has 0 aliphatic rings. The number of nitrogens with zero attached hydrogens (tertiary/aromatic N) is 1. The van der Waals surface area contributed by atoms with Gasteiger partial charge in [-0.2, -0.15) is 0 Å². The molecular weight excluding hydrogens is 282 g/mol. The summed E-state index contributed by atoms with van der Waals surface area (Å²) >= 11 is 0. The van der Waals surface area contributed by atoms with Crippen LogP contribution >= 0.6 is 0 Å². The molecule has 2 heteroatoms. The molecule has 0 aliphatic carbocycles. The van der Waals surface area contributed by atoms with Crippen molar-refractivity contribution in [2.45, 2.75) is 53.0 Å². The molecule has 2 nitrogen and oxygen atoms in total. The van der Waals surface area contributed by atoms with Crippen molar-refractivity contribution in [3.8, 4) is 0 Å². The minimum atomic E-state index is 0.121. The lowest BCUT2D eigenvalue weighted by atomic mass is 9.99. The van der Waals surface area contributed by atoms with Crippen molar-refractivity contribution < 1.29 is 0 Å². The zero-order chi connectivity index (χ0) is 16.7. The third kappa shape index (κ3) is 4.69. The molecule has 1 aromatic carbocycles. The molecule has 0 fully saturated rings. The van der Waals surface area contributed by atoms with Crippen LogP contribution in [0, 0.1) is 6.92 Å². The molecule has 2 aromatic rings. The summed E-state index contributed by atoms with van der Waals surface area (Å²) < 4.78 is 1.84. The molecule has 0 atom stereocenters. The third-order valence-corrected chi connectivity index (χ3v) is 3.96. The Labute approximate surface area is 139 Å². The van der Waals surface area contributed by atoms with Crippen molar-refractivity contribution in [1.29, 1.82) is 0 Å². The maximum atomic E-state index is 12.9. The molecule has 1 aromatic heterocycles. The van der Waals surface area contributed by atoms with Gasteiger partial charge in [0.05, 0.1) is 6.54 Å². The SMILES string of the molecule is CCC/C=C(\CCC)c1cc(C)cn(Cc2ccccc2)c1=O. The average Bonchev–Trinajstić information content (AvgIpc) is 2.55. The fraction of sp³-hybridized carbons (Fsp3) is 0.381. The maximum Gasteiger partial charge on any atom is 0.258 e. The smallest absolute Gasteiger partial charge is 0.258 e. The molecule has 0 N–H and O–H groups in total. The zero-order valence-electron chi connectivity index (χ0n) is 14.5. The molecule has 0 amide bonds. The fourth-order valence-corrected chi connectivity index (χ4v) is 2.85. The standard InChI is InChI=1S/C21H27NO/c1-4-6-13-19(10-5-2)20-14-17(3)15-22(21(20)23)16-18-11-8-7-9-12-18/h7-9,11-15H,4-6,10,16H2,1-3H3/b19-13+. The summed E-state index contributed by atoms with van der Waals surface area (Å²) in [6, 6.07) is 12.2. The molecule has 0 unspecified atom stereocenters. The fourth-order valence-electron chi connectivity index (χ4n) is 2.85. The van der Waals surface area contributed by atoms with Gasteiger partial charge in [-0.05, 0) is 42.5 Å². The molecule has 2 rings (SSSR count). The molecular formula is C21H27NO. The van der Waals surface area contributed by atoms with Crippen LogP contribution in [0.3, 0.4) is 0 Å². The first-order chi connectivity index (χ1) is 11.2. The second-order valence-electron chi connectivity index (χ2n) is 6.12. The molecule has 23 heavy (non-hydrogen) atoms. The molecule has 0 spiro atoms. The summed E-state index contributed by atoms with van der Waals surface area (Å²) in [5.74, 6) is 0. The van der Waals surface area contributed by atoms with Gasteiger partial charge in [-0.1, -0.05) is 63.1 Å². The van der Waals surface area contributed by atoms with Crippen molar-refractivity contribution in [2.24, 2.45) is 0 Å². The van der Waals surface area contributed by atoms with Crippen LogP contribution in [-0.2, 0) is 6.54 Å². The van der Waals surface area contributed by atoms with E-state index in [0.717, 1.165) is 42.4 Å². The van der Waals surface area contributed by atoms with Crippen LogP contribution in [0.5, 0.6) is 0 Å². The Morgan fingerprint density at radius 1 is 1.13 bits per heavy atom. The Morgan fingerprint density at radius 3 is 2.52 bits per heavy atom. The number of aryl methyl sites for hydroxylation is 1. The molecule has 0 aliphatic heterocycles. The van der Waals surface area contributed by atoms with Crippen LogP contribution < -0.4 is 5.56 Å². The van der Waals surface area contributed by atoms with E-state index >= 15 is 0 Å². The largest absolute Gasteiger partial charge is 0.310 e. The Bertz CT molecular complexity index is 710. The van der Waals surface area contributed by atoms with E-state index in [1.165, 1.54) is 5.57 Å². The van der Waals surface area contributed by atoms with Gasteiger partial charge in [0.2, 0.25) is 0 Å². The highest BCUT2D eigenvalue weighted by Crippen LogP contribution is 2.19. The molecule has 1 heterocycles. The van der Waals surface area contributed by atoms with Crippen LogP contribution in [0.25, 0.3) is 5.57 Å². The summed E-state index contributed by atoms with van der Waals surface area (Å²) in [7, 11) is 0. The molecule has 0 bridgehead atoms. The average molecular weight is 309 g/mol. The monoisotopic (exact) mass is 309 g/mol. The Hall–Kier alpha value is -2.09. The van der Waals surface area contributed by atoms with Gasteiger partial charge in [-0.3, -0.25) is 4.79 Å². The number of allylic oxidation sites excluding steroid dienone is 2. The van der Waals surface area contributed by atoms with Crippen molar-refractivity contribution in [2.75, 3.05) is 0 Å². The highest BCUT2D eigenvalue weighted by molar-refractivity contribution is 5.65. The number of benzene rings is 1. The van der Waals surface area contributed by atoms with Gasteiger partial charge in [-0.25, -0.2) is 0 Å². The number of pyridine rings is 1. The lowest BCUT2D eigenvalue weighted by molar-refractivity contribution is 0.749. The van der Waals surface area contributed by atoms with Crippen molar-refractivity contribution >= 4 is 5.57 Å². The van der Waals surface area contributed by atoms with Gasteiger partial charge >= 0.3 is 0 Å². The molecule has 122 valence electrons. The Kier molecular flexibility index (Phi) is 6.40. The minimum absolute atomic E-state index is 0.121. The van der Waals surface area contributed by atoms with Gasteiger partial charge < -0.3 is 4.57 Å². The minimum Gasteiger partial charge on any atom is -0.310 e. The Morgan fingerprint density at radius 2 is 1.87 bits per heavy atom. The highest BCUT2D eigenvalue weighted by Gasteiger charge is 2.10. The van der Waals surface area contributed by atoms with E-state index in [1.807, 2.05) is 35.0 Å². The number of rotatable bonds is 7. The maximum absolute atomic E-state index is 12.9. The summed E-state index contributed by atoms with van der Waals surface area (Å²) in [6.45, 7) is 7.03. The van der Waals surface area contributed by atoms with Gasteiger partial charge in [-0.15, -0.1) is 0 Å². The van der Waals surface area contributed by atoms with E-state index in [4.69, 9.17) is 0 Å². The summed E-state index contributed by atoms with van der Waals surface area (Å²) in [5.41, 5.74) is 4.48. The Balaban J connectivity index is 2.43. The van der Waals surface area contributed by atoms with E-state index < -0.39 is 0 Å². The molecule has 0 radical (unpaired) electrons. The normalized spacial score (nSPS) is 11.7.